The van der Waals surface area contributed by atoms with E-state index < -0.39 is 0 Å². The molecule has 168 valence electrons. The minimum Gasteiger partial charge on any atom is -0.0622 e. The molecule has 2 aliphatic rings. The quantitative estimate of drug-likeness (QED) is 0.248. The molecule has 0 saturated carbocycles. The SMILES string of the molecule is Cc1ccc2c(c1)C(C)c1c-2ccc2c1C(c1ccccc1)(c1ccccc1)c1cc(C)ccc1-2. The molecule has 0 N–H and O–H groups in total. The summed E-state index contributed by atoms with van der Waals surface area (Å²) < 4.78 is 0. The van der Waals surface area contributed by atoms with E-state index in [1.807, 2.05) is 0 Å². The molecule has 0 heteroatoms. The summed E-state index contributed by atoms with van der Waals surface area (Å²) in [6.07, 6.45) is 0. The number of hydrogen-bond acceptors (Lipinski definition) is 0. The van der Waals surface area contributed by atoms with Gasteiger partial charge in [0.2, 0.25) is 0 Å². The van der Waals surface area contributed by atoms with Crippen LogP contribution in [-0.4, -0.2) is 0 Å². The molecule has 0 bridgehead atoms. The second-order valence-corrected chi connectivity index (χ2v) is 10.3. The summed E-state index contributed by atoms with van der Waals surface area (Å²) >= 11 is 0. The molecular weight excluding hydrogens is 420 g/mol. The van der Waals surface area contributed by atoms with E-state index in [2.05, 4.69) is 130 Å². The van der Waals surface area contributed by atoms with Crippen LogP contribution in [0.15, 0.2) is 109 Å². The average Bonchev–Trinajstić information content (AvgIpc) is 3.34. The van der Waals surface area contributed by atoms with E-state index in [1.54, 1.807) is 0 Å². The number of fused-ring (bicyclic) bond motifs is 7. The number of benzene rings is 5. The molecule has 0 aliphatic heterocycles. The van der Waals surface area contributed by atoms with E-state index >= 15 is 0 Å². The van der Waals surface area contributed by atoms with Crippen molar-refractivity contribution in [3.05, 3.63) is 154 Å². The lowest BCUT2D eigenvalue weighted by molar-refractivity contribution is 0.747. The Bertz CT molecular complexity index is 1570. The minimum absolute atomic E-state index is 0.344. The maximum Gasteiger partial charge on any atom is 0.0716 e. The molecule has 1 unspecified atom stereocenters. The Morgan fingerprint density at radius 1 is 0.543 bits per heavy atom. The third-order valence-electron chi connectivity index (χ3n) is 8.30. The van der Waals surface area contributed by atoms with Crippen molar-refractivity contribution < 1.29 is 0 Å². The fraction of sp³-hybridized carbons (Fsp3) is 0.143. The summed E-state index contributed by atoms with van der Waals surface area (Å²) in [5.74, 6) is 0.344. The Kier molecular flexibility index (Phi) is 4.27. The van der Waals surface area contributed by atoms with E-state index in [1.165, 1.54) is 66.8 Å². The van der Waals surface area contributed by atoms with Crippen molar-refractivity contribution in [1.82, 2.24) is 0 Å². The maximum absolute atomic E-state index is 2.43. The van der Waals surface area contributed by atoms with Crippen molar-refractivity contribution in [1.29, 1.82) is 0 Å². The van der Waals surface area contributed by atoms with Gasteiger partial charge in [-0.25, -0.2) is 0 Å². The highest BCUT2D eigenvalue weighted by Gasteiger charge is 2.49. The molecule has 2 aliphatic carbocycles. The van der Waals surface area contributed by atoms with Gasteiger partial charge in [-0.3, -0.25) is 0 Å². The Labute approximate surface area is 207 Å². The van der Waals surface area contributed by atoms with Crippen molar-refractivity contribution in [3.63, 3.8) is 0 Å². The molecule has 35 heavy (non-hydrogen) atoms. The lowest BCUT2D eigenvalue weighted by atomic mass is 9.65. The van der Waals surface area contributed by atoms with Crippen molar-refractivity contribution >= 4 is 0 Å². The van der Waals surface area contributed by atoms with Gasteiger partial charge < -0.3 is 0 Å². The number of aryl methyl sites for hydroxylation is 2. The standard InChI is InChI=1S/C35H28/c1-22-14-16-27-29-18-19-30-28-17-15-23(2)21-32(28)35(25-10-6-4-7-11-25,26-12-8-5-9-13-26)34(30)33(29)24(3)31(27)20-22/h4-21,24H,1-3H3. The van der Waals surface area contributed by atoms with Crippen LogP contribution in [0.4, 0.5) is 0 Å². The van der Waals surface area contributed by atoms with Crippen LogP contribution in [0, 0.1) is 13.8 Å². The van der Waals surface area contributed by atoms with Gasteiger partial charge in [0.1, 0.15) is 0 Å². The minimum atomic E-state index is -0.351. The van der Waals surface area contributed by atoms with Crippen molar-refractivity contribution in [2.75, 3.05) is 0 Å². The first kappa shape index (κ1) is 20.5. The van der Waals surface area contributed by atoms with Crippen molar-refractivity contribution in [3.8, 4) is 22.3 Å². The molecule has 7 rings (SSSR count). The second kappa shape index (κ2) is 7.30. The van der Waals surface area contributed by atoms with Crippen molar-refractivity contribution in [2.24, 2.45) is 0 Å². The second-order valence-electron chi connectivity index (χ2n) is 10.3. The predicted octanol–water partition coefficient (Wildman–Crippen LogP) is 8.80. The molecule has 1 atom stereocenters. The highest BCUT2D eigenvalue weighted by Crippen LogP contribution is 2.61. The van der Waals surface area contributed by atoms with Gasteiger partial charge in [-0.1, -0.05) is 127 Å². The van der Waals surface area contributed by atoms with Gasteiger partial charge in [0.15, 0.2) is 0 Å². The average molecular weight is 449 g/mol. The molecule has 0 radical (unpaired) electrons. The van der Waals surface area contributed by atoms with Crippen LogP contribution < -0.4 is 0 Å². The van der Waals surface area contributed by atoms with E-state index in [0.717, 1.165) is 0 Å². The van der Waals surface area contributed by atoms with Gasteiger partial charge in [0.25, 0.3) is 0 Å². The topological polar surface area (TPSA) is 0 Å². The van der Waals surface area contributed by atoms with Crippen molar-refractivity contribution in [2.45, 2.75) is 32.1 Å². The summed E-state index contributed by atoms with van der Waals surface area (Å²) in [6, 6.07) is 41.1. The van der Waals surface area contributed by atoms with Crippen LogP contribution in [0.5, 0.6) is 0 Å². The van der Waals surface area contributed by atoms with Crippen LogP contribution in [0.1, 0.15) is 57.3 Å². The van der Waals surface area contributed by atoms with Crippen LogP contribution in [0.3, 0.4) is 0 Å². The van der Waals surface area contributed by atoms with Gasteiger partial charge in [-0.2, -0.15) is 0 Å². The van der Waals surface area contributed by atoms with Gasteiger partial charge in [-0.15, -0.1) is 0 Å². The molecule has 0 nitrogen and oxygen atoms in total. The fourth-order valence-electron chi connectivity index (χ4n) is 6.85. The molecule has 0 spiro atoms. The fourth-order valence-corrected chi connectivity index (χ4v) is 6.85. The third-order valence-corrected chi connectivity index (χ3v) is 8.30. The summed E-state index contributed by atoms with van der Waals surface area (Å²) in [4.78, 5) is 0. The normalized spacial score (nSPS) is 16.4. The third kappa shape index (κ3) is 2.63. The molecule has 0 saturated heterocycles. The van der Waals surface area contributed by atoms with Crippen LogP contribution in [0.25, 0.3) is 22.3 Å². The Balaban J connectivity index is 1.68. The number of hydrogen-bond donors (Lipinski definition) is 0. The first-order chi connectivity index (χ1) is 17.1. The molecule has 0 heterocycles. The summed E-state index contributed by atoms with van der Waals surface area (Å²) in [5, 5.41) is 0. The van der Waals surface area contributed by atoms with E-state index in [9.17, 15) is 0 Å². The largest absolute Gasteiger partial charge is 0.0716 e. The molecule has 5 aromatic rings. The highest BCUT2D eigenvalue weighted by molar-refractivity contribution is 5.93. The van der Waals surface area contributed by atoms with Crippen LogP contribution in [0.2, 0.25) is 0 Å². The lowest BCUT2D eigenvalue weighted by Gasteiger charge is -2.36. The van der Waals surface area contributed by atoms with E-state index in [-0.39, 0.29) is 5.41 Å². The van der Waals surface area contributed by atoms with Gasteiger partial charge in [0, 0.05) is 5.92 Å². The van der Waals surface area contributed by atoms with Crippen LogP contribution in [-0.2, 0) is 5.41 Å². The van der Waals surface area contributed by atoms with Gasteiger partial charge >= 0.3 is 0 Å². The highest BCUT2D eigenvalue weighted by atomic mass is 14.5. The molecule has 0 fully saturated rings. The molecular formula is C35H28. The first-order valence-corrected chi connectivity index (χ1v) is 12.6. The molecule has 0 amide bonds. The summed E-state index contributed by atoms with van der Waals surface area (Å²) in [5.41, 5.74) is 16.3. The molecule has 5 aromatic carbocycles. The monoisotopic (exact) mass is 448 g/mol. The zero-order valence-electron chi connectivity index (χ0n) is 20.5. The van der Waals surface area contributed by atoms with Gasteiger partial charge in [0.05, 0.1) is 5.41 Å². The molecule has 0 aromatic heterocycles. The Morgan fingerprint density at radius 3 is 1.74 bits per heavy atom. The Hall–Kier alpha value is -3.90. The predicted molar refractivity (Wildman–Crippen MR) is 146 cm³/mol. The first-order valence-electron chi connectivity index (χ1n) is 12.6. The van der Waals surface area contributed by atoms with E-state index in [4.69, 9.17) is 0 Å². The van der Waals surface area contributed by atoms with E-state index in [0.29, 0.717) is 5.92 Å². The zero-order valence-corrected chi connectivity index (χ0v) is 20.5. The maximum atomic E-state index is 2.43. The smallest absolute Gasteiger partial charge is 0.0622 e. The summed E-state index contributed by atoms with van der Waals surface area (Å²) in [6.45, 7) is 6.83. The zero-order chi connectivity index (χ0) is 23.7. The Morgan fingerprint density at radius 2 is 1.09 bits per heavy atom. The van der Waals surface area contributed by atoms with Crippen LogP contribution >= 0.6 is 0 Å². The van der Waals surface area contributed by atoms with Gasteiger partial charge in [-0.05, 0) is 69.5 Å². The summed E-state index contributed by atoms with van der Waals surface area (Å²) in [7, 11) is 0. The number of rotatable bonds is 2. The lowest BCUT2D eigenvalue weighted by Crippen LogP contribution is -2.30.